The number of aryl methyl sites for hydroxylation is 1. The number of piperidine rings is 1. The van der Waals surface area contributed by atoms with Gasteiger partial charge in [0.15, 0.2) is 0 Å². The number of benzene rings is 1. The molecule has 1 saturated heterocycles. The molecule has 3 heterocycles. The molecule has 1 unspecified atom stereocenters. The van der Waals surface area contributed by atoms with Gasteiger partial charge in [-0.05, 0) is 68.7 Å². The summed E-state index contributed by atoms with van der Waals surface area (Å²) in [6.07, 6.45) is 3.95. The second-order valence-electron chi connectivity index (χ2n) is 7.78. The van der Waals surface area contributed by atoms with Crippen molar-refractivity contribution in [2.45, 2.75) is 51.8 Å². The van der Waals surface area contributed by atoms with Crippen molar-refractivity contribution in [2.75, 3.05) is 26.2 Å². The van der Waals surface area contributed by atoms with Crippen LogP contribution < -0.4 is 4.74 Å². The molecule has 0 amide bonds. The summed E-state index contributed by atoms with van der Waals surface area (Å²) in [7, 11) is 0. The first-order chi connectivity index (χ1) is 12.7. The van der Waals surface area contributed by atoms with Crippen LogP contribution in [0.2, 0.25) is 0 Å². The zero-order valence-corrected chi connectivity index (χ0v) is 16.8. The number of ether oxygens (including phenoxy) is 1. The summed E-state index contributed by atoms with van der Waals surface area (Å²) in [6, 6.07) is 9.53. The molecule has 0 bridgehead atoms. The molecule has 0 saturated carbocycles. The van der Waals surface area contributed by atoms with E-state index in [-0.39, 0.29) is 6.10 Å². The van der Waals surface area contributed by atoms with E-state index in [9.17, 15) is 0 Å². The van der Waals surface area contributed by atoms with Gasteiger partial charge in [-0.25, -0.2) is 0 Å². The molecule has 0 spiro atoms. The van der Waals surface area contributed by atoms with Gasteiger partial charge in [0, 0.05) is 30.3 Å². The normalized spacial score (nSPS) is 22.6. The minimum absolute atomic E-state index is 0.138. The maximum Gasteiger partial charge on any atom is 0.137 e. The van der Waals surface area contributed by atoms with Crippen molar-refractivity contribution in [3.63, 3.8) is 0 Å². The molecule has 2 aliphatic rings. The van der Waals surface area contributed by atoms with Crippen molar-refractivity contribution in [1.82, 2.24) is 9.80 Å². The van der Waals surface area contributed by atoms with Gasteiger partial charge in [0.05, 0.1) is 0 Å². The van der Waals surface area contributed by atoms with Crippen molar-refractivity contribution in [3.05, 3.63) is 51.7 Å². The van der Waals surface area contributed by atoms with Crippen molar-refractivity contribution in [3.8, 4) is 5.75 Å². The lowest BCUT2D eigenvalue weighted by atomic mass is 10.0. The summed E-state index contributed by atoms with van der Waals surface area (Å²) < 4.78 is 6.49. The average molecular weight is 371 g/mol. The minimum Gasteiger partial charge on any atom is -0.484 e. The van der Waals surface area contributed by atoms with Crippen molar-refractivity contribution < 1.29 is 4.74 Å². The second-order valence-corrected chi connectivity index (χ2v) is 8.56. The molecule has 2 aliphatic heterocycles. The maximum absolute atomic E-state index is 6.49. The average Bonchev–Trinajstić information content (AvgIpc) is 3.11. The highest BCUT2D eigenvalue weighted by Gasteiger charge is 2.31. The Morgan fingerprint density at radius 2 is 2.04 bits per heavy atom. The van der Waals surface area contributed by atoms with E-state index >= 15 is 0 Å². The van der Waals surface area contributed by atoms with Crippen molar-refractivity contribution in [1.29, 1.82) is 0 Å². The predicted molar refractivity (Wildman–Crippen MR) is 109 cm³/mol. The van der Waals surface area contributed by atoms with Crippen LogP contribution in [0.5, 0.6) is 5.75 Å². The van der Waals surface area contributed by atoms with Gasteiger partial charge < -0.3 is 9.64 Å². The molecule has 0 aliphatic carbocycles. The molecule has 2 aromatic rings. The molecular weight excluding hydrogens is 340 g/mol. The Morgan fingerprint density at radius 3 is 2.77 bits per heavy atom. The standard InChI is InChI=1S/C22H30N2OS/c1-3-9-23-10-6-20(7-11-23)24-14-19-13-17(2)4-5-21(19)25-22(15-24)18-8-12-26-16-18/h4-5,8,12-13,16,20,22H,3,6-7,9-11,14-15H2,1-2H3. The van der Waals surface area contributed by atoms with Crippen molar-refractivity contribution in [2.24, 2.45) is 0 Å². The number of nitrogens with zero attached hydrogens (tertiary/aromatic N) is 2. The molecule has 1 aromatic carbocycles. The predicted octanol–water partition coefficient (Wildman–Crippen LogP) is 4.87. The number of hydrogen-bond donors (Lipinski definition) is 0. The van der Waals surface area contributed by atoms with Crippen LogP contribution in [0.3, 0.4) is 0 Å². The van der Waals surface area contributed by atoms with E-state index in [1.54, 1.807) is 11.3 Å². The van der Waals surface area contributed by atoms with Gasteiger partial charge in [-0.2, -0.15) is 11.3 Å². The highest BCUT2D eigenvalue weighted by Crippen LogP contribution is 2.34. The van der Waals surface area contributed by atoms with Crippen LogP contribution >= 0.6 is 11.3 Å². The third kappa shape index (κ3) is 3.98. The van der Waals surface area contributed by atoms with Crippen LogP contribution in [0, 0.1) is 6.92 Å². The first-order valence-corrected chi connectivity index (χ1v) is 10.9. The summed E-state index contributed by atoms with van der Waals surface area (Å²) in [4.78, 5) is 5.32. The lowest BCUT2D eigenvalue weighted by Gasteiger charge is -2.38. The minimum atomic E-state index is 0.138. The van der Waals surface area contributed by atoms with E-state index in [0.29, 0.717) is 6.04 Å². The molecule has 26 heavy (non-hydrogen) atoms. The summed E-state index contributed by atoms with van der Waals surface area (Å²) >= 11 is 1.76. The van der Waals surface area contributed by atoms with E-state index in [2.05, 4.69) is 58.7 Å². The fourth-order valence-electron chi connectivity index (χ4n) is 4.37. The Kier molecular flexibility index (Phi) is 5.63. The highest BCUT2D eigenvalue weighted by molar-refractivity contribution is 7.07. The molecule has 0 N–H and O–H groups in total. The number of likely N-dealkylation sites (tertiary alicyclic amines) is 1. The van der Waals surface area contributed by atoms with Gasteiger partial charge in [0.1, 0.15) is 11.9 Å². The number of thiophene rings is 1. The zero-order chi connectivity index (χ0) is 17.9. The summed E-state index contributed by atoms with van der Waals surface area (Å²) in [5.41, 5.74) is 3.98. The van der Waals surface area contributed by atoms with Gasteiger partial charge >= 0.3 is 0 Å². The molecular formula is C22H30N2OS. The molecule has 3 nitrogen and oxygen atoms in total. The molecule has 1 fully saturated rings. The topological polar surface area (TPSA) is 15.7 Å². The first-order valence-electron chi connectivity index (χ1n) is 9.97. The van der Waals surface area contributed by atoms with E-state index in [1.807, 2.05) is 0 Å². The maximum atomic E-state index is 6.49. The molecule has 4 rings (SSSR count). The molecule has 1 aromatic heterocycles. The van der Waals surface area contributed by atoms with Crippen LogP contribution in [0.1, 0.15) is 49.0 Å². The van der Waals surface area contributed by atoms with Gasteiger partial charge in [-0.15, -0.1) is 0 Å². The quantitative estimate of drug-likeness (QED) is 0.764. The number of fused-ring (bicyclic) bond motifs is 1. The van der Waals surface area contributed by atoms with E-state index in [1.165, 1.54) is 55.6 Å². The lowest BCUT2D eigenvalue weighted by molar-refractivity contribution is 0.0731. The van der Waals surface area contributed by atoms with Gasteiger partial charge in [0.2, 0.25) is 0 Å². The Balaban J connectivity index is 1.56. The molecule has 1 atom stereocenters. The van der Waals surface area contributed by atoms with Crippen LogP contribution in [0.25, 0.3) is 0 Å². The Morgan fingerprint density at radius 1 is 1.19 bits per heavy atom. The van der Waals surface area contributed by atoms with Gasteiger partial charge in [0.25, 0.3) is 0 Å². The molecule has 140 valence electrons. The zero-order valence-electron chi connectivity index (χ0n) is 16.0. The van der Waals surface area contributed by atoms with Crippen molar-refractivity contribution >= 4 is 11.3 Å². The third-order valence-electron chi connectivity index (χ3n) is 5.79. The fraction of sp³-hybridized carbons (Fsp3) is 0.545. The first kappa shape index (κ1) is 18.0. The summed E-state index contributed by atoms with van der Waals surface area (Å²) in [6.45, 7) is 10.2. The lowest BCUT2D eigenvalue weighted by Crippen LogP contribution is -2.45. The Labute approximate surface area is 161 Å². The summed E-state index contributed by atoms with van der Waals surface area (Å²) in [5.74, 6) is 1.07. The highest BCUT2D eigenvalue weighted by atomic mass is 32.1. The SMILES string of the molecule is CCCN1CCC(N2Cc3cc(C)ccc3OC(c3ccsc3)C2)CC1. The van der Waals surface area contributed by atoms with E-state index < -0.39 is 0 Å². The van der Waals surface area contributed by atoms with Gasteiger partial charge in [-0.3, -0.25) is 4.90 Å². The molecule has 4 heteroatoms. The summed E-state index contributed by atoms with van der Waals surface area (Å²) in [5, 5.41) is 4.40. The van der Waals surface area contributed by atoms with Crippen LogP contribution in [0.4, 0.5) is 0 Å². The van der Waals surface area contributed by atoms with E-state index in [0.717, 1.165) is 18.8 Å². The smallest absolute Gasteiger partial charge is 0.137 e. The Hall–Kier alpha value is -1.36. The van der Waals surface area contributed by atoms with E-state index in [4.69, 9.17) is 4.74 Å². The largest absolute Gasteiger partial charge is 0.484 e. The van der Waals surface area contributed by atoms with Crippen LogP contribution in [-0.2, 0) is 6.54 Å². The van der Waals surface area contributed by atoms with Crippen LogP contribution in [-0.4, -0.2) is 42.0 Å². The van der Waals surface area contributed by atoms with Gasteiger partial charge in [-0.1, -0.05) is 24.6 Å². The monoisotopic (exact) mass is 370 g/mol. The number of hydrogen-bond acceptors (Lipinski definition) is 4. The third-order valence-corrected chi connectivity index (χ3v) is 6.49. The molecule has 0 radical (unpaired) electrons. The van der Waals surface area contributed by atoms with Crippen LogP contribution in [0.15, 0.2) is 35.0 Å². The second kappa shape index (κ2) is 8.12. The fourth-order valence-corrected chi connectivity index (χ4v) is 5.07. The number of rotatable bonds is 4. The Bertz CT molecular complexity index is 707.